The molecule has 0 bridgehead atoms. The Hall–Kier alpha value is -1.34. The van der Waals surface area contributed by atoms with Gasteiger partial charge >= 0.3 is 0 Å². The first-order valence-corrected chi connectivity index (χ1v) is 11.0. The lowest BCUT2D eigenvalue weighted by Crippen LogP contribution is -2.63. The summed E-state index contributed by atoms with van der Waals surface area (Å²) in [6, 6.07) is 0. The fraction of sp³-hybridized carbons (Fsp3) is 0.760. The van der Waals surface area contributed by atoms with Crippen LogP contribution >= 0.6 is 0 Å². The van der Waals surface area contributed by atoms with E-state index in [1.165, 1.54) is 6.08 Å². The van der Waals surface area contributed by atoms with Crippen LogP contribution in [0.15, 0.2) is 23.8 Å². The van der Waals surface area contributed by atoms with Crippen molar-refractivity contribution < 1.29 is 37.5 Å². The molecule has 3 saturated carbocycles. The highest BCUT2D eigenvalue weighted by Crippen LogP contribution is 2.69. The lowest BCUT2D eigenvalue weighted by Gasteiger charge is -2.59. The zero-order chi connectivity index (χ0) is 27.3. The summed E-state index contributed by atoms with van der Waals surface area (Å²) in [6.07, 6.45) is -2.89. The van der Waals surface area contributed by atoms with Gasteiger partial charge in [-0.05, 0) is 56.0 Å². The van der Waals surface area contributed by atoms with Gasteiger partial charge in [0.1, 0.15) is 6.61 Å². The number of carbonyl (C=O) groups excluding carboxylic acids is 2. The van der Waals surface area contributed by atoms with Crippen LogP contribution in [0.3, 0.4) is 0 Å². The van der Waals surface area contributed by atoms with Crippen molar-refractivity contribution in [2.45, 2.75) is 83.3 Å². The molecule has 9 atom stereocenters. The second-order valence-electron chi connectivity index (χ2n) is 10.1. The average Bonchev–Trinajstić information content (AvgIpc) is 3.32. The number of carbonyl (C=O) groups is 2. The van der Waals surface area contributed by atoms with Gasteiger partial charge in [0.05, 0.1) is 12.2 Å². The number of aliphatic hydroxyl groups excluding tert-OH is 2. The van der Waals surface area contributed by atoms with Crippen LogP contribution in [-0.2, 0) is 19.1 Å². The molecule has 5 aliphatic rings. The second kappa shape index (κ2) is 7.08. The van der Waals surface area contributed by atoms with Crippen molar-refractivity contribution in [1.82, 2.24) is 0 Å². The van der Waals surface area contributed by atoms with Crippen molar-refractivity contribution >= 4 is 11.6 Å². The molecule has 1 aliphatic heterocycles. The number of aliphatic hydroxyl groups is 2. The van der Waals surface area contributed by atoms with Crippen LogP contribution in [0.1, 0.15) is 67.4 Å². The van der Waals surface area contributed by atoms with Gasteiger partial charge in [0.2, 0.25) is 0 Å². The van der Waals surface area contributed by atoms with Gasteiger partial charge in [0, 0.05) is 25.0 Å². The molecule has 0 spiro atoms. The van der Waals surface area contributed by atoms with Crippen LogP contribution < -0.4 is 0 Å². The molecule has 0 amide bonds. The molecule has 0 radical (unpaired) electrons. The molecule has 0 aromatic rings. The zero-order valence-corrected chi connectivity index (χ0v) is 17.8. The fourth-order valence-electron chi connectivity index (χ4n) is 7.82. The van der Waals surface area contributed by atoms with E-state index in [-0.39, 0.29) is 36.4 Å². The number of ketones is 2. The van der Waals surface area contributed by atoms with Crippen LogP contribution in [0.5, 0.6) is 0 Å². The Kier molecular flexibility index (Phi) is 3.54. The van der Waals surface area contributed by atoms with Gasteiger partial charge in [0.15, 0.2) is 23.5 Å². The SMILES string of the molecule is [2H]C([2H])C([2H])([2H])C([2H])([2H])C1O[C@H]2CC3C4CCC5=CC(=O)C=C[C@]5(C)C4[C@@H](O)C[C@]3(C)[C@]2(C(=O)CO)O1. The molecule has 5 rings (SSSR count). The number of rotatable bonds is 4. The summed E-state index contributed by atoms with van der Waals surface area (Å²) in [4.78, 5) is 25.5. The van der Waals surface area contributed by atoms with Crippen molar-refractivity contribution in [3.05, 3.63) is 23.8 Å². The standard InChI is InChI=1S/C25H34O6/c1-4-5-21-30-20-11-17-16-7-6-14-10-15(27)8-9-23(14,2)22(16)18(28)12-24(17,3)25(20,31-21)19(29)13-26/h8-10,16-18,20-22,26,28H,4-7,11-13H2,1-3H3/t16?,17?,18-,20-,21?,22?,23-,24-,25+/m0/s1/i1D2,4D2,5D2. The maximum absolute atomic E-state index is 13.4. The molecule has 2 N–H and O–H groups in total. The van der Waals surface area contributed by atoms with Gasteiger partial charge in [-0.2, -0.15) is 0 Å². The van der Waals surface area contributed by atoms with Crippen molar-refractivity contribution in [2.75, 3.05) is 6.61 Å². The Morgan fingerprint density at radius 3 is 2.97 bits per heavy atom. The van der Waals surface area contributed by atoms with Crippen molar-refractivity contribution in [2.24, 2.45) is 28.6 Å². The predicted molar refractivity (Wildman–Crippen MR) is 113 cm³/mol. The summed E-state index contributed by atoms with van der Waals surface area (Å²) < 4.78 is 59.9. The highest BCUT2D eigenvalue weighted by molar-refractivity contribution is 6.01. The highest BCUT2D eigenvalue weighted by atomic mass is 16.7. The molecule has 0 aromatic carbocycles. The third-order valence-electron chi connectivity index (χ3n) is 9.00. The van der Waals surface area contributed by atoms with E-state index in [2.05, 4.69) is 0 Å². The van der Waals surface area contributed by atoms with Crippen molar-refractivity contribution in [3.8, 4) is 0 Å². The number of hydrogen-bond donors (Lipinski definition) is 2. The molecular formula is C25H34O6. The number of fused-ring (bicyclic) bond motifs is 7. The van der Waals surface area contributed by atoms with E-state index in [0.717, 1.165) is 5.57 Å². The summed E-state index contributed by atoms with van der Waals surface area (Å²) in [7, 11) is 0. The maximum Gasteiger partial charge on any atom is 0.193 e. The summed E-state index contributed by atoms with van der Waals surface area (Å²) in [5, 5.41) is 21.6. The van der Waals surface area contributed by atoms with Gasteiger partial charge in [-0.15, -0.1) is 0 Å². The van der Waals surface area contributed by atoms with Crippen LogP contribution in [0.4, 0.5) is 0 Å². The molecule has 4 fully saturated rings. The van der Waals surface area contributed by atoms with Crippen molar-refractivity contribution in [1.29, 1.82) is 0 Å². The van der Waals surface area contributed by atoms with E-state index < -0.39 is 66.9 Å². The third-order valence-corrected chi connectivity index (χ3v) is 9.00. The minimum absolute atomic E-state index is 0.0672. The molecule has 1 heterocycles. The Morgan fingerprint density at radius 2 is 2.23 bits per heavy atom. The maximum atomic E-state index is 13.4. The molecule has 31 heavy (non-hydrogen) atoms. The topological polar surface area (TPSA) is 93.1 Å². The molecule has 6 nitrogen and oxygen atoms in total. The molecule has 170 valence electrons. The Bertz CT molecular complexity index is 1080. The normalized spacial score (nSPS) is 54.2. The van der Waals surface area contributed by atoms with E-state index in [0.29, 0.717) is 12.8 Å². The van der Waals surface area contributed by atoms with Crippen LogP contribution in [-0.4, -0.2) is 52.5 Å². The predicted octanol–water partition coefficient (Wildman–Crippen LogP) is 2.72. The molecule has 1 saturated heterocycles. The first-order chi connectivity index (χ1) is 17.1. The quantitative estimate of drug-likeness (QED) is 0.704. The number of allylic oxidation sites excluding steroid dienone is 4. The fourth-order valence-corrected chi connectivity index (χ4v) is 7.82. The summed E-state index contributed by atoms with van der Waals surface area (Å²) in [5.74, 6) is -1.27. The Labute approximate surface area is 192 Å². The van der Waals surface area contributed by atoms with E-state index in [4.69, 9.17) is 17.7 Å². The second-order valence-corrected chi connectivity index (χ2v) is 10.1. The van der Waals surface area contributed by atoms with E-state index >= 15 is 0 Å². The van der Waals surface area contributed by atoms with Crippen LogP contribution in [0, 0.1) is 28.6 Å². The molecule has 4 unspecified atom stereocenters. The van der Waals surface area contributed by atoms with Crippen LogP contribution in [0.25, 0.3) is 0 Å². The third kappa shape index (κ3) is 2.65. The smallest absolute Gasteiger partial charge is 0.193 e. The molecule has 0 aromatic heterocycles. The van der Waals surface area contributed by atoms with Gasteiger partial charge in [-0.25, -0.2) is 0 Å². The zero-order valence-electron chi connectivity index (χ0n) is 23.8. The van der Waals surface area contributed by atoms with Gasteiger partial charge in [0.25, 0.3) is 0 Å². The summed E-state index contributed by atoms with van der Waals surface area (Å²) in [6.45, 7) is 0.740. The lowest BCUT2D eigenvalue weighted by molar-refractivity contribution is -0.200. The summed E-state index contributed by atoms with van der Waals surface area (Å²) in [5.41, 5.74) is -2.42. The first kappa shape index (κ1) is 15.5. The molecule has 4 aliphatic carbocycles. The van der Waals surface area contributed by atoms with Gasteiger partial charge in [-0.1, -0.05) is 38.7 Å². The van der Waals surface area contributed by atoms with E-state index in [1.807, 2.05) is 13.0 Å². The number of ether oxygens (including phenoxy) is 2. The Morgan fingerprint density at radius 1 is 1.42 bits per heavy atom. The number of hydrogen-bond acceptors (Lipinski definition) is 6. The highest BCUT2D eigenvalue weighted by Gasteiger charge is 2.75. The van der Waals surface area contributed by atoms with Gasteiger partial charge < -0.3 is 19.7 Å². The minimum Gasteiger partial charge on any atom is -0.393 e. The molecule has 6 heteroatoms. The van der Waals surface area contributed by atoms with E-state index in [1.54, 1.807) is 13.0 Å². The lowest BCUT2D eigenvalue weighted by atomic mass is 9.46. The minimum atomic E-state index is -2.97. The van der Waals surface area contributed by atoms with Crippen LogP contribution in [0.2, 0.25) is 0 Å². The number of Topliss-reactive ketones (excluding diaryl/α,β-unsaturated/α-hetero) is 1. The first-order valence-electron chi connectivity index (χ1n) is 14.2. The Balaban J connectivity index is 1.55. The monoisotopic (exact) mass is 436 g/mol. The molecular weight excluding hydrogens is 396 g/mol. The largest absolute Gasteiger partial charge is 0.393 e. The van der Waals surface area contributed by atoms with Crippen molar-refractivity contribution in [3.63, 3.8) is 0 Å². The van der Waals surface area contributed by atoms with E-state index in [9.17, 15) is 19.8 Å². The summed E-state index contributed by atoms with van der Waals surface area (Å²) >= 11 is 0. The van der Waals surface area contributed by atoms with Gasteiger partial charge in [-0.3, -0.25) is 9.59 Å². The average molecular weight is 437 g/mol.